The Hall–Kier alpha value is -2.81. The van der Waals surface area contributed by atoms with E-state index >= 15 is 0 Å². The number of aromatic nitrogens is 1. The van der Waals surface area contributed by atoms with Crippen molar-refractivity contribution in [3.63, 3.8) is 0 Å². The predicted octanol–water partition coefficient (Wildman–Crippen LogP) is 5.17. The third kappa shape index (κ3) is 5.10. The SMILES string of the molecule is CCCC(=O)N(Cc1ccccc1)Cc1cccn1Cc1ccccc1C. The van der Waals surface area contributed by atoms with Crippen LogP contribution in [-0.2, 0) is 24.4 Å². The van der Waals surface area contributed by atoms with Crippen LogP contribution in [0.4, 0.5) is 0 Å². The van der Waals surface area contributed by atoms with Crippen LogP contribution < -0.4 is 0 Å². The zero-order valence-electron chi connectivity index (χ0n) is 16.3. The van der Waals surface area contributed by atoms with Gasteiger partial charge in [0.15, 0.2) is 0 Å². The van der Waals surface area contributed by atoms with Crippen molar-refractivity contribution in [1.29, 1.82) is 0 Å². The van der Waals surface area contributed by atoms with E-state index in [1.807, 2.05) is 23.1 Å². The van der Waals surface area contributed by atoms with Gasteiger partial charge in [0.1, 0.15) is 0 Å². The van der Waals surface area contributed by atoms with Crippen LogP contribution in [0, 0.1) is 6.92 Å². The second kappa shape index (κ2) is 9.22. The van der Waals surface area contributed by atoms with Gasteiger partial charge in [-0.25, -0.2) is 0 Å². The molecule has 0 aliphatic rings. The van der Waals surface area contributed by atoms with Gasteiger partial charge in [0, 0.05) is 31.4 Å². The minimum absolute atomic E-state index is 0.213. The first-order valence-electron chi connectivity index (χ1n) is 9.67. The van der Waals surface area contributed by atoms with Gasteiger partial charge >= 0.3 is 0 Å². The molecule has 0 spiro atoms. The molecule has 0 saturated heterocycles. The maximum atomic E-state index is 12.7. The maximum absolute atomic E-state index is 12.7. The van der Waals surface area contributed by atoms with Crippen molar-refractivity contribution >= 4 is 5.91 Å². The minimum atomic E-state index is 0.213. The molecule has 3 nitrogen and oxygen atoms in total. The maximum Gasteiger partial charge on any atom is 0.223 e. The lowest BCUT2D eigenvalue weighted by Gasteiger charge is -2.24. The van der Waals surface area contributed by atoms with Crippen molar-refractivity contribution < 1.29 is 4.79 Å². The molecule has 0 aliphatic carbocycles. The Labute approximate surface area is 162 Å². The van der Waals surface area contributed by atoms with E-state index < -0.39 is 0 Å². The molecule has 0 fully saturated rings. The molecule has 0 N–H and O–H groups in total. The minimum Gasteiger partial charge on any atom is -0.345 e. The van der Waals surface area contributed by atoms with Gasteiger partial charge in [-0.05, 0) is 42.2 Å². The molecule has 3 heteroatoms. The molecule has 2 aromatic carbocycles. The number of hydrogen-bond donors (Lipinski definition) is 0. The molecule has 0 bridgehead atoms. The fraction of sp³-hybridized carbons (Fsp3) is 0.292. The van der Waals surface area contributed by atoms with Crippen LogP contribution in [0.15, 0.2) is 72.9 Å². The molecule has 1 heterocycles. The Kier molecular flexibility index (Phi) is 6.48. The van der Waals surface area contributed by atoms with Crippen molar-refractivity contribution in [1.82, 2.24) is 9.47 Å². The molecule has 0 saturated carbocycles. The Balaban J connectivity index is 1.79. The number of carbonyl (C=O) groups is 1. The highest BCUT2D eigenvalue weighted by molar-refractivity contribution is 5.76. The summed E-state index contributed by atoms with van der Waals surface area (Å²) in [4.78, 5) is 14.7. The van der Waals surface area contributed by atoms with E-state index in [1.165, 1.54) is 22.4 Å². The fourth-order valence-electron chi connectivity index (χ4n) is 3.32. The molecule has 3 rings (SSSR count). The topological polar surface area (TPSA) is 25.2 Å². The third-order valence-electron chi connectivity index (χ3n) is 4.91. The molecular formula is C24H28N2O. The van der Waals surface area contributed by atoms with Gasteiger partial charge in [0.05, 0.1) is 6.54 Å². The molecular weight excluding hydrogens is 332 g/mol. The first kappa shape index (κ1) is 19.0. The second-order valence-corrected chi connectivity index (χ2v) is 7.04. The van der Waals surface area contributed by atoms with E-state index in [0.29, 0.717) is 19.5 Å². The number of benzene rings is 2. The van der Waals surface area contributed by atoms with E-state index in [-0.39, 0.29) is 5.91 Å². The van der Waals surface area contributed by atoms with E-state index in [0.717, 1.165) is 13.0 Å². The number of carbonyl (C=O) groups excluding carboxylic acids is 1. The van der Waals surface area contributed by atoms with Crippen LogP contribution >= 0.6 is 0 Å². The largest absolute Gasteiger partial charge is 0.345 e. The number of rotatable bonds is 8. The summed E-state index contributed by atoms with van der Waals surface area (Å²) in [5, 5.41) is 0. The number of aryl methyl sites for hydroxylation is 1. The molecule has 140 valence electrons. The molecule has 1 aromatic heterocycles. The number of amides is 1. The lowest BCUT2D eigenvalue weighted by atomic mass is 10.1. The molecule has 1 amide bonds. The first-order valence-corrected chi connectivity index (χ1v) is 9.67. The van der Waals surface area contributed by atoms with Gasteiger partial charge in [0.2, 0.25) is 5.91 Å². The fourth-order valence-corrected chi connectivity index (χ4v) is 3.32. The highest BCUT2D eigenvalue weighted by Gasteiger charge is 2.16. The van der Waals surface area contributed by atoms with Gasteiger partial charge in [0.25, 0.3) is 0 Å². The smallest absolute Gasteiger partial charge is 0.223 e. The van der Waals surface area contributed by atoms with Gasteiger partial charge < -0.3 is 9.47 Å². The predicted molar refractivity (Wildman–Crippen MR) is 110 cm³/mol. The van der Waals surface area contributed by atoms with E-state index in [2.05, 4.69) is 73.1 Å². The van der Waals surface area contributed by atoms with Gasteiger partial charge in [-0.2, -0.15) is 0 Å². The Morgan fingerprint density at radius 1 is 0.926 bits per heavy atom. The highest BCUT2D eigenvalue weighted by Crippen LogP contribution is 2.16. The quantitative estimate of drug-likeness (QED) is 0.544. The first-order chi connectivity index (χ1) is 13.2. The standard InChI is InChI=1S/C24H28N2O/c1-3-10-24(27)26(17-21-12-5-4-6-13-21)19-23-15-9-16-25(23)18-22-14-8-7-11-20(22)2/h4-9,11-16H,3,10,17-19H2,1-2H3. The summed E-state index contributed by atoms with van der Waals surface area (Å²) in [6.45, 7) is 6.31. The van der Waals surface area contributed by atoms with Crippen molar-refractivity contribution in [2.45, 2.75) is 46.3 Å². The lowest BCUT2D eigenvalue weighted by Crippen LogP contribution is -2.30. The zero-order chi connectivity index (χ0) is 19.1. The highest BCUT2D eigenvalue weighted by atomic mass is 16.2. The van der Waals surface area contributed by atoms with Crippen LogP contribution in [0.2, 0.25) is 0 Å². The Morgan fingerprint density at radius 2 is 1.67 bits per heavy atom. The van der Waals surface area contributed by atoms with E-state index in [1.54, 1.807) is 0 Å². The summed E-state index contributed by atoms with van der Waals surface area (Å²) < 4.78 is 2.25. The summed E-state index contributed by atoms with van der Waals surface area (Å²) in [6.07, 6.45) is 3.56. The average Bonchev–Trinajstić information content (AvgIpc) is 3.11. The van der Waals surface area contributed by atoms with Crippen LogP contribution in [0.5, 0.6) is 0 Å². The monoisotopic (exact) mass is 360 g/mol. The van der Waals surface area contributed by atoms with Crippen molar-refractivity contribution in [2.24, 2.45) is 0 Å². The average molecular weight is 361 g/mol. The number of hydrogen-bond acceptors (Lipinski definition) is 1. The van der Waals surface area contributed by atoms with Crippen LogP contribution in [0.3, 0.4) is 0 Å². The normalized spacial score (nSPS) is 10.7. The lowest BCUT2D eigenvalue weighted by molar-refractivity contribution is -0.132. The van der Waals surface area contributed by atoms with E-state index in [9.17, 15) is 4.79 Å². The summed E-state index contributed by atoms with van der Waals surface area (Å²) in [5.41, 5.74) is 4.93. The molecule has 0 radical (unpaired) electrons. The third-order valence-corrected chi connectivity index (χ3v) is 4.91. The number of nitrogens with zero attached hydrogens (tertiary/aromatic N) is 2. The Bertz CT molecular complexity index is 867. The van der Waals surface area contributed by atoms with Gasteiger partial charge in [-0.1, -0.05) is 61.5 Å². The molecule has 0 aliphatic heterocycles. The van der Waals surface area contributed by atoms with Gasteiger partial charge in [-0.15, -0.1) is 0 Å². The van der Waals surface area contributed by atoms with Crippen LogP contribution in [-0.4, -0.2) is 15.4 Å². The summed E-state index contributed by atoms with van der Waals surface area (Å²) in [7, 11) is 0. The second-order valence-electron chi connectivity index (χ2n) is 7.04. The summed E-state index contributed by atoms with van der Waals surface area (Å²) in [5.74, 6) is 0.213. The molecule has 3 aromatic rings. The zero-order valence-corrected chi connectivity index (χ0v) is 16.3. The molecule has 0 unspecified atom stereocenters. The van der Waals surface area contributed by atoms with Crippen molar-refractivity contribution in [3.8, 4) is 0 Å². The molecule has 27 heavy (non-hydrogen) atoms. The van der Waals surface area contributed by atoms with Crippen molar-refractivity contribution in [3.05, 3.63) is 95.3 Å². The summed E-state index contributed by atoms with van der Waals surface area (Å²) >= 11 is 0. The van der Waals surface area contributed by atoms with Crippen molar-refractivity contribution in [2.75, 3.05) is 0 Å². The van der Waals surface area contributed by atoms with Crippen LogP contribution in [0.1, 0.15) is 42.1 Å². The van der Waals surface area contributed by atoms with E-state index in [4.69, 9.17) is 0 Å². The molecule has 0 atom stereocenters. The summed E-state index contributed by atoms with van der Waals surface area (Å²) in [6, 6.07) is 22.9. The Morgan fingerprint density at radius 3 is 2.41 bits per heavy atom. The van der Waals surface area contributed by atoms with Crippen LogP contribution in [0.25, 0.3) is 0 Å². The van der Waals surface area contributed by atoms with Gasteiger partial charge in [-0.3, -0.25) is 4.79 Å².